The summed E-state index contributed by atoms with van der Waals surface area (Å²) in [4.78, 5) is 19.1. The van der Waals surface area contributed by atoms with Crippen molar-refractivity contribution in [2.24, 2.45) is 4.99 Å². The van der Waals surface area contributed by atoms with Crippen molar-refractivity contribution in [1.82, 2.24) is 4.90 Å². The Labute approximate surface area is 171 Å². The Bertz CT molecular complexity index is 874. The molecule has 2 aromatic carbocycles. The summed E-state index contributed by atoms with van der Waals surface area (Å²) in [6.07, 6.45) is 0. The predicted octanol–water partition coefficient (Wildman–Crippen LogP) is 5.40. The SMILES string of the molecule is COc1ccc(Cl)cc1C(=O)N1CCN=C1SCc1ccc(Cl)c(Cl)c1. The van der Waals surface area contributed by atoms with Gasteiger partial charge >= 0.3 is 0 Å². The van der Waals surface area contributed by atoms with Gasteiger partial charge in [-0.3, -0.25) is 14.7 Å². The van der Waals surface area contributed by atoms with Gasteiger partial charge in [-0.1, -0.05) is 52.6 Å². The highest BCUT2D eigenvalue weighted by Crippen LogP contribution is 2.29. The number of carbonyl (C=O) groups excluding carboxylic acids is 1. The van der Waals surface area contributed by atoms with E-state index in [0.29, 0.717) is 50.4 Å². The summed E-state index contributed by atoms with van der Waals surface area (Å²) in [5, 5.41) is 2.18. The van der Waals surface area contributed by atoms with Gasteiger partial charge in [-0.2, -0.15) is 0 Å². The smallest absolute Gasteiger partial charge is 0.263 e. The summed E-state index contributed by atoms with van der Waals surface area (Å²) in [5.41, 5.74) is 1.43. The number of benzene rings is 2. The minimum atomic E-state index is -0.178. The lowest BCUT2D eigenvalue weighted by Crippen LogP contribution is -2.33. The van der Waals surface area contributed by atoms with Crippen molar-refractivity contribution < 1.29 is 9.53 Å². The minimum Gasteiger partial charge on any atom is -0.496 e. The van der Waals surface area contributed by atoms with Crippen LogP contribution >= 0.6 is 46.6 Å². The normalized spacial score (nSPS) is 13.7. The van der Waals surface area contributed by atoms with Gasteiger partial charge in [-0.05, 0) is 35.9 Å². The number of aliphatic imine (C=N–C) groups is 1. The molecule has 0 aliphatic carbocycles. The second-order valence-electron chi connectivity index (χ2n) is 5.50. The Balaban J connectivity index is 1.74. The zero-order valence-corrected chi connectivity index (χ0v) is 16.9. The molecule has 0 saturated carbocycles. The van der Waals surface area contributed by atoms with Crippen LogP contribution < -0.4 is 4.74 Å². The molecule has 0 N–H and O–H groups in total. The number of amides is 1. The second-order valence-corrected chi connectivity index (χ2v) is 7.70. The molecule has 1 aliphatic heterocycles. The molecule has 3 rings (SSSR count). The average Bonchev–Trinajstić information content (AvgIpc) is 3.10. The molecule has 1 aliphatic rings. The predicted molar refractivity (Wildman–Crippen MR) is 109 cm³/mol. The molecule has 136 valence electrons. The van der Waals surface area contributed by atoms with E-state index >= 15 is 0 Å². The lowest BCUT2D eigenvalue weighted by molar-refractivity contribution is 0.0857. The molecular formula is C18H15Cl3N2O2S. The summed E-state index contributed by atoms with van der Waals surface area (Å²) < 4.78 is 5.29. The second kappa shape index (κ2) is 8.53. The van der Waals surface area contributed by atoms with E-state index in [-0.39, 0.29) is 5.91 Å². The number of nitrogens with zero attached hydrogens (tertiary/aromatic N) is 2. The first-order chi connectivity index (χ1) is 12.5. The molecule has 0 aromatic heterocycles. The largest absolute Gasteiger partial charge is 0.496 e. The van der Waals surface area contributed by atoms with E-state index in [1.807, 2.05) is 12.1 Å². The molecule has 1 heterocycles. The summed E-state index contributed by atoms with van der Waals surface area (Å²) in [7, 11) is 1.53. The lowest BCUT2D eigenvalue weighted by Gasteiger charge is -2.19. The summed E-state index contributed by atoms with van der Waals surface area (Å²) in [6, 6.07) is 10.5. The maximum absolute atomic E-state index is 13.0. The molecule has 0 spiro atoms. The maximum Gasteiger partial charge on any atom is 0.263 e. The number of rotatable bonds is 4. The van der Waals surface area contributed by atoms with E-state index in [9.17, 15) is 4.79 Å². The Morgan fingerprint density at radius 2 is 2.00 bits per heavy atom. The molecule has 1 amide bonds. The molecule has 0 fully saturated rings. The third-order valence-electron chi connectivity index (χ3n) is 3.79. The zero-order valence-electron chi connectivity index (χ0n) is 13.8. The van der Waals surface area contributed by atoms with Gasteiger partial charge in [-0.15, -0.1) is 0 Å². The molecule has 0 unspecified atom stereocenters. The fraction of sp³-hybridized carbons (Fsp3) is 0.222. The van der Waals surface area contributed by atoms with Crippen LogP contribution in [0, 0.1) is 0 Å². The fourth-order valence-corrected chi connectivity index (χ4v) is 3.99. The molecule has 0 saturated heterocycles. The molecule has 2 aromatic rings. The maximum atomic E-state index is 13.0. The van der Waals surface area contributed by atoms with Gasteiger partial charge in [0.25, 0.3) is 5.91 Å². The van der Waals surface area contributed by atoms with E-state index in [4.69, 9.17) is 39.5 Å². The van der Waals surface area contributed by atoms with Crippen LogP contribution in [-0.2, 0) is 5.75 Å². The van der Waals surface area contributed by atoms with E-state index in [1.54, 1.807) is 29.2 Å². The van der Waals surface area contributed by atoms with Crippen molar-refractivity contribution in [2.75, 3.05) is 20.2 Å². The highest BCUT2D eigenvalue weighted by Gasteiger charge is 2.27. The lowest BCUT2D eigenvalue weighted by atomic mass is 10.2. The quantitative estimate of drug-likeness (QED) is 0.653. The van der Waals surface area contributed by atoms with E-state index in [0.717, 1.165) is 5.56 Å². The van der Waals surface area contributed by atoms with Gasteiger partial charge in [0.15, 0.2) is 5.17 Å². The van der Waals surface area contributed by atoms with E-state index < -0.39 is 0 Å². The van der Waals surface area contributed by atoms with Gasteiger partial charge < -0.3 is 4.74 Å². The number of thioether (sulfide) groups is 1. The number of amidine groups is 1. The van der Waals surface area contributed by atoms with Crippen LogP contribution in [-0.4, -0.2) is 36.2 Å². The molecule has 0 atom stereocenters. The van der Waals surface area contributed by atoms with Gasteiger partial charge in [0.05, 0.1) is 29.3 Å². The first-order valence-corrected chi connectivity index (χ1v) is 9.88. The fourth-order valence-electron chi connectivity index (χ4n) is 2.51. The minimum absolute atomic E-state index is 0.178. The van der Waals surface area contributed by atoms with Crippen molar-refractivity contribution in [2.45, 2.75) is 5.75 Å². The van der Waals surface area contributed by atoms with Crippen molar-refractivity contribution in [3.63, 3.8) is 0 Å². The van der Waals surface area contributed by atoms with Gasteiger partial charge in [0.1, 0.15) is 5.75 Å². The molecular weight excluding hydrogens is 415 g/mol. The topological polar surface area (TPSA) is 41.9 Å². The van der Waals surface area contributed by atoms with E-state index in [1.165, 1.54) is 18.9 Å². The average molecular weight is 430 g/mol. The van der Waals surface area contributed by atoms with Crippen LogP contribution in [0.3, 0.4) is 0 Å². The van der Waals surface area contributed by atoms with Crippen LogP contribution in [0.5, 0.6) is 5.75 Å². The molecule has 0 radical (unpaired) electrons. The molecule has 26 heavy (non-hydrogen) atoms. The highest BCUT2D eigenvalue weighted by atomic mass is 35.5. The number of hydrogen-bond acceptors (Lipinski definition) is 4. The van der Waals surface area contributed by atoms with Gasteiger partial charge in [0, 0.05) is 17.3 Å². The first-order valence-electron chi connectivity index (χ1n) is 7.76. The molecule has 0 bridgehead atoms. The third-order valence-corrected chi connectivity index (χ3v) is 5.85. The van der Waals surface area contributed by atoms with Crippen LogP contribution in [0.15, 0.2) is 41.4 Å². The monoisotopic (exact) mass is 428 g/mol. The van der Waals surface area contributed by atoms with Crippen molar-refractivity contribution in [3.8, 4) is 5.75 Å². The number of methoxy groups -OCH3 is 1. The Hall–Kier alpha value is -1.40. The number of hydrogen-bond donors (Lipinski definition) is 0. The Kier molecular flexibility index (Phi) is 6.35. The van der Waals surface area contributed by atoms with Crippen molar-refractivity contribution in [1.29, 1.82) is 0 Å². The van der Waals surface area contributed by atoms with Crippen LogP contribution in [0.2, 0.25) is 15.1 Å². The van der Waals surface area contributed by atoms with Gasteiger partial charge in [0.2, 0.25) is 0 Å². The molecule has 8 heteroatoms. The number of carbonyl (C=O) groups is 1. The summed E-state index contributed by atoms with van der Waals surface area (Å²) >= 11 is 19.5. The first kappa shape index (κ1) is 19.4. The van der Waals surface area contributed by atoms with Crippen LogP contribution in [0.4, 0.5) is 0 Å². The van der Waals surface area contributed by atoms with Gasteiger partial charge in [-0.25, -0.2) is 0 Å². The highest BCUT2D eigenvalue weighted by molar-refractivity contribution is 8.13. The zero-order chi connectivity index (χ0) is 18.7. The summed E-state index contributed by atoms with van der Waals surface area (Å²) in [5.74, 6) is 0.939. The summed E-state index contributed by atoms with van der Waals surface area (Å²) in [6.45, 7) is 1.09. The number of ether oxygens (including phenoxy) is 1. The Morgan fingerprint density at radius 3 is 2.73 bits per heavy atom. The van der Waals surface area contributed by atoms with Crippen molar-refractivity contribution in [3.05, 3.63) is 62.6 Å². The van der Waals surface area contributed by atoms with Crippen LogP contribution in [0.1, 0.15) is 15.9 Å². The van der Waals surface area contributed by atoms with E-state index in [2.05, 4.69) is 4.99 Å². The van der Waals surface area contributed by atoms with Crippen molar-refractivity contribution >= 4 is 57.6 Å². The number of halogens is 3. The van der Waals surface area contributed by atoms with Crippen LogP contribution in [0.25, 0.3) is 0 Å². The Morgan fingerprint density at radius 1 is 1.19 bits per heavy atom. The third kappa shape index (κ3) is 4.29. The molecule has 4 nitrogen and oxygen atoms in total. The standard InChI is InChI=1S/C18H15Cl3N2O2S/c1-25-16-5-3-12(19)9-13(16)17(24)23-7-6-22-18(23)26-10-11-2-4-14(20)15(21)8-11/h2-5,8-9H,6-7,10H2,1H3.